The number of amides is 1. The van der Waals surface area contributed by atoms with Gasteiger partial charge in [0.25, 0.3) is 0 Å². The Labute approximate surface area is 438 Å². The maximum absolute atomic E-state index is 12.5. The minimum Gasteiger partial charge on any atom is -0.394 e. The van der Waals surface area contributed by atoms with E-state index in [2.05, 4.69) is 67.8 Å². The number of carbonyl (C=O) groups excluding carboxylic acids is 1. The molecule has 0 saturated carbocycles. The average molecular weight is 979 g/mol. The summed E-state index contributed by atoms with van der Waals surface area (Å²) in [5.41, 5.74) is 0. The third kappa shape index (κ3) is 57.0. The molecule has 0 bridgehead atoms. The summed E-state index contributed by atoms with van der Waals surface area (Å²) in [4.78, 5) is 12.5. The molecule has 0 rings (SSSR count). The number of rotatable bonds is 58. The first-order valence-electron chi connectivity index (χ1n) is 31.5. The predicted octanol–water partition coefficient (Wildman–Crippen LogP) is 21.2. The van der Waals surface area contributed by atoms with Gasteiger partial charge in [-0.05, 0) is 70.6 Å². The van der Waals surface area contributed by atoms with Crippen LogP contribution in [0.25, 0.3) is 0 Å². The Morgan fingerprint density at radius 2 is 0.600 bits per heavy atom. The van der Waals surface area contributed by atoms with Crippen LogP contribution >= 0.6 is 0 Å². The highest BCUT2D eigenvalue weighted by Gasteiger charge is 2.18. The van der Waals surface area contributed by atoms with Gasteiger partial charge >= 0.3 is 0 Å². The molecule has 2 atom stereocenters. The molecule has 0 aromatic rings. The summed E-state index contributed by atoms with van der Waals surface area (Å²) < 4.78 is 0. The number of nitrogens with one attached hydrogen (secondary N) is 1. The van der Waals surface area contributed by atoms with Gasteiger partial charge in [0.2, 0.25) is 5.91 Å². The minimum absolute atomic E-state index is 0.0755. The van der Waals surface area contributed by atoms with Crippen LogP contribution in [0.4, 0.5) is 0 Å². The monoisotopic (exact) mass is 978 g/mol. The highest BCUT2D eigenvalue weighted by Crippen LogP contribution is 2.18. The molecule has 1 amide bonds. The molecular formula is C66H123NO3. The molecular weight excluding hydrogens is 855 g/mol. The summed E-state index contributed by atoms with van der Waals surface area (Å²) >= 11 is 0. The van der Waals surface area contributed by atoms with Gasteiger partial charge in [0.1, 0.15) is 0 Å². The smallest absolute Gasteiger partial charge is 0.220 e. The van der Waals surface area contributed by atoms with Crippen molar-refractivity contribution in [1.82, 2.24) is 5.32 Å². The number of carbonyl (C=O) groups is 1. The van der Waals surface area contributed by atoms with Gasteiger partial charge < -0.3 is 15.5 Å². The van der Waals surface area contributed by atoms with Crippen molar-refractivity contribution in [3.05, 3.63) is 60.8 Å². The van der Waals surface area contributed by atoms with E-state index >= 15 is 0 Å². The molecule has 0 radical (unpaired) electrons. The number of aliphatic hydroxyl groups is 2. The van der Waals surface area contributed by atoms with Crippen LogP contribution in [-0.2, 0) is 4.79 Å². The third-order valence-corrected chi connectivity index (χ3v) is 14.5. The van der Waals surface area contributed by atoms with Gasteiger partial charge in [-0.15, -0.1) is 0 Å². The maximum Gasteiger partial charge on any atom is 0.220 e. The van der Waals surface area contributed by atoms with Gasteiger partial charge in [0, 0.05) is 6.42 Å². The summed E-state index contributed by atoms with van der Waals surface area (Å²) in [5.74, 6) is -0.0755. The second kappa shape index (κ2) is 61.4. The summed E-state index contributed by atoms with van der Waals surface area (Å²) in [5, 5.41) is 23.2. The van der Waals surface area contributed by atoms with E-state index in [1.165, 1.54) is 270 Å². The predicted molar refractivity (Wildman–Crippen MR) is 313 cm³/mol. The van der Waals surface area contributed by atoms with Crippen molar-refractivity contribution in [3.8, 4) is 0 Å². The number of unbranched alkanes of at least 4 members (excludes halogenated alkanes) is 43. The fraction of sp³-hybridized carbons (Fsp3) is 0.833. The lowest BCUT2D eigenvalue weighted by atomic mass is 10.0. The summed E-state index contributed by atoms with van der Waals surface area (Å²) in [6.45, 7) is 4.31. The first-order chi connectivity index (χ1) is 34.7. The van der Waals surface area contributed by atoms with E-state index in [4.69, 9.17) is 0 Å². The fourth-order valence-corrected chi connectivity index (χ4v) is 9.68. The summed E-state index contributed by atoms with van der Waals surface area (Å²) in [6.07, 6.45) is 87.0. The van der Waals surface area contributed by atoms with Crippen LogP contribution in [0.5, 0.6) is 0 Å². The number of allylic oxidation sites excluding steroid dienone is 9. The minimum atomic E-state index is -0.868. The molecule has 0 aliphatic carbocycles. The maximum atomic E-state index is 12.5. The molecule has 0 aromatic carbocycles. The molecule has 410 valence electrons. The van der Waals surface area contributed by atoms with Gasteiger partial charge in [-0.1, -0.05) is 319 Å². The zero-order chi connectivity index (χ0) is 50.6. The van der Waals surface area contributed by atoms with E-state index in [-0.39, 0.29) is 12.5 Å². The van der Waals surface area contributed by atoms with Crippen molar-refractivity contribution >= 4 is 5.91 Å². The molecule has 0 aliphatic rings. The first kappa shape index (κ1) is 68.1. The van der Waals surface area contributed by atoms with Crippen molar-refractivity contribution in [2.75, 3.05) is 6.61 Å². The normalized spacial score (nSPS) is 13.1. The van der Waals surface area contributed by atoms with Crippen LogP contribution in [0.15, 0.2) is 60.8 Å². The van der Waals surface area contributed by atoms with Crippen LogP contribution in [0, 0.1) is 0 Å². The van der Waals surface area contributed by atoms with Crippen LogP contribution in [-0.4, -0.2) is 34.9 Å². The second-order valence-electron chi connectivity index (χ2n) is 21.5. The molecule has 2 unspecified atom stereocenters. The molecule has 4 heteroatoms. The van der Waals surface area contributed by atoms with E-state index in [0.29, 0.717) is 6.42 Å². The van der Waals surface area contributed by atoms with Crippen molar-refractivity contribution in [2.24, 2.45) is 0 Å². The van der Waals surface area contributed by atoms with Gasteiger partial charge in [-0.25, -0.2) is 0 Å². The quantitative estimate of drug-likeness (QED) is 0.0420. The van der Waals surface area contributed by atoms with Gasteiger partial charge in [-0.3, -0.25) is 4.79 Å². The van der Waals surface area contributed by atoms with Crippen molar-refractivity contribution in [3.63, 3.8) is 0 Å². The Hall–Kier alpha value is -1.91. The molecule has 3 N–H and O–H groups in total. The van der Waals surface area contributed by atoms with Gasteiger partial charge in [-0.2, -0.15) is 0 Å². The number of hydrogen-bond donors (Lipinski definition) is 3. The molecule has 4 nitrogen and oxygen atoms in total. The second-order valence-corrected chi connectivity index (χ2v) is 21.5. The van der Waals surface area contributed by atoms with Crippen LogP contribution < -0.4 is 5.32 Å². The molecule has 0 aliphatic heterocycles. The standard InChI is InChI=1S/C66H123NO3/c1-3-5-7-9-11-13-15-17-19-21-23-25-27-29-30-31-32-33-34-35-36-38-39-41-43-45-47-49-51-53-55-57-59-61-65(69)64(63-68)67-66(70)62-60-58-56-54-52-50-48-46-44-42-40-37-28-26-24-22-20-18-16-14-12-10-8-6-4-2/h16,18,22,24,28,37,51,53,59,61,64-65,68-69H,3-15,17,19-21,23,25-27,29-36,38-50,52,54-58,60,62-63H2,1-2H3,(H,67,70)/b18-16-,24-22-,37-28-,53-51+,61-59+. The number of hydrogen-bond acceptors (Lipinski definition) is 3. The van der Waals surface area contributed by atoms with Gasteiger partial charge in [0.15, 0.2) is 0 Å². The van der Waals surface area contributed by atoms with E-state index in [9.17, 15) is 15.0 Å². The van der Waals surface area contributed by atoms with Crippen LogP contribution in [0.1, 0.15) is 335 Å². The Bertz CT molecular complexity index is 1150. The van der Waals surface area contributed by atoms with Gasteiger partial charge in [0.05, 0.1) is 18.8 Å². The van der Waals surface area contributed by atoms with E-state index in [0.717, 1.165) is 44.9 Å². The zero-order valence-electron chi connectivity index (χ0n) is 47.3. The van der Waals surface area contributed by atoms with Crippen LogP contribution in [0.3, 0.4) is 0 Å². The van der Waals surface area contributed by atoms with Crippen molar-refractivity contribution < 1.29 is 15.0 Å². The Kier molecular flexibility index (Phi) is 59.7. The molecule has 0 saturated heterocycles. The lowest BCUT2D eigenvalue weighted by Gasteiger charge is -2.19. The molecule has 0 heterocycles. The molecule has 70 heavy (non-hydrogen) atoms. The molecule has 0 fully saturated rings. The highest BCUT2D eigenvalue weighted by molar-refractivity contribution is 5.76. The Morgan fingerprint density at radius 1 is 0.343 bits per heavy atom. The summed E-state index contributed by atoms with van der Waals surface area (Å²) in [7, 11) is 0. The lowest BCUT2D eigenvalue weighted by molar-refractivity contribution is -0.123. The zero-order valence-corrected chi connectivity index (χ0v) is 47.3. The first-order valence-corrected chi connectivity index (χ1v) is 31.5. The molecule has 0 aromatic heterocycles. The summed E-state index contributed by atoms with van der Waals surface area (Å²) in [6, 6.07) is -0.645. The van der Waals surface area contributed by atoms with E-state index < -0.39 is 12.1 Å². The topological polar surface area (TPSA) is 69.6 Å². The number of aliphatic hydroxyl groups excluding tert-OH is 2. The van der Waals surface area contributed by atoms with E-state index in [1.54, 1.807) is 6.08 Å². The van der Waals surface area contributed by atoms with Crippen LogP contribution in [0.2, 0.25) is 0 Å². The highest BCUT2D eigenvalue weighted by atomic mass is 16.3. The Balaban J connectivity index is 3.51. The Morgan fingerprint density at radius 3 is 0.929 bits per heavy atom. The van der Waals surface area contributed by atoms with E-state index in [1.807, 2.05) is 6.08 Å². The average Bonchev–Trinajstić information content (AvgIpc) is 3.36. The lowest BCUT2D eigenvalue weighted by Crippen LogP contribution is -2.45. The SMILES string of the molecule is CCCCCCC/C=C\C/C=C\C/C=C\CCCCCCCCCCCCC(=O)NC(CO)C(O)/C=C/CC/C=C/CCCCCCCCCCCCCCCCCCCCCCCCCCCCC. The molecule has 0 spiro atoms. The van der Waals surface area contributed by atoms with Crippen molar-refractivity contribution in [1.29, 1.82) is 0 Å². The third-order valence-electron chi connectivity index (χ3n) is 14.5. The fourth-order valence-electron chi connectivity index (χ4n) is 9.68. The largest absolute Gasteiger partial charge is 0.394 e. The van der Waals surface area contributed by atoms with Crippen molar-refractivity contribution in [2.45, 2.75) is 347 Å².